The van der Waals surface area contributed by atoms with Crippen LogP contribution in [0.3, 0.4) is 0 Å². The molecule has 4 amide bonds. The fourth-order valence-corrected chi connectivity index (χ4v) is 4.98. The third kappa shape index (κ3) is 7.12. The monoisotopic (exact) mass is 661 g/mol. The van der Waals surface area contributed by atoms with Crippen molar-refractivity contribution in [2.24, 2.45) is 0 Å². The van der Waals surface area contributed by atoms with E-state index in [2.05, 4.69) is 16.0 Å². The van der Waals surface area contributed by atoms with E-state index in [-0.39, 0.29) is 44.8 Å². The second kappa shape index (κ2) is 14.4. The SMILES string of the molecule is [2H]c1c(Oc2cc3c(cc2NC(=O)c2cc(OC)c(OC)c(OC)c2Cl)NC(=O)[C@H](CC(=O)N(CC)CC)NC3=O)c([2H])c(C([2H])([2H])[2H])c([2H])c1C([2H])([2H])[2H]. The van der Waals surface area contributed by atoms with E-state index < -0.39 is 90.5 Å². The first-order valence-corrected chi connectivity index (χ1v) is 14.2. The number of hydrogen-bond donors (Lipinski definition) is 3. The number of hydrogen-bond acceptors (Lipinski definition) is 8. The van der Waals surface area contributed by atoms with E-state index in [1.165, 1.54) is 32.3 Å². The normalized spacial score (nSPS) is 17.3. The van der Waals surface area contributed by atoms with Crippen molar-refractivity contribution in [3.05, 3.63) is 63.6 Å². The number of fused-ring (bicyclic) bond motifs is 1. The summed E-state index contributed by atoms with van der Waals surface area (Å²) in [6, 6.07) is -1.20. The topological polar surface area (TPSA) is 145 Å². The van der Waals surface area contributed by atoms with Gasteiger partial charge in [-0.1, -0.05) is 17.6 Å². The van der Waals surface area contributed by atoms with Crippen LogP contribution in [0.15, 0.2) is 36.3 Å². The van der Waals surface area contributed by atoms with Gasteiger partial charge in [0.25, 0.3) is 11.8 Å². The molecule has 12 nitrogen and oxygen atoms in total. The number of benzene rings is 3. The molecule has 3 N–H and O–H groups in total. The van der Waals surface area contributed by atoms with Crippen molar-refractivity contribution in [1.29, 1.82) is 0 Å². The Kier molecular flexibility index (Phi) is 7.33. The van der Waals surface area contributed by atoms with E-state index in [9.17, 15) is 19.2 Å². The molecule has 46 heavy (non-hydrogen) atoms. The Labute approximate surface area is 284 Å². The molecule has 0 saturated heterocycles. The standard InChI is InChI=1S/C33H37ClN4O8/c1-8-38(9-2)27(39)16-24-33(42)35-22-15-23(36-32(41)21-14-26(43-5)29(44-6)30(45-7)28(21)34)25(13-20(22)31(40)37-24)46-19-11-17(3)10-18(4)12-19/h10-15,24H,8-9,16H2,1-7H3,(H,35,42)(H,36,41)(H,37,40)/t24-/m0/s1/i3D3,4D3,10D,11D,12D. The van der Waals surface area contributed by atoms with Gasteiger partial charge >= 0.3 is 0 Å². The van der Waals surface area contributed by atoms with Crippen LogP contribution in [0.1, 0.15) is 64.4 Å². The Hall–Kier alpha value is -4.97. The van der Waals surface area contributed by atoms with Crippen molar-refractivity contribution in [1.82, 2.24) is 10.2 Å². The van der Waals surface area contributed by atoms with Crippen LogP contribution in [0.2, 0.25) is 5.02 Å². The molecular formula is C33H37ClN4O8. The summed E-state index contributed by atoms with van der Waals surface area (Å²) in [6.45, 7) is -2.24. The van der Waals surface area contributed by atoms with E-state index in [0.29, 0.717) is 13.1 Å². The Morgan fingerprint density at radius 3 is 2.24 bits per heavy atom. The van der Waals surface area contributed by atoms with Crippen LogP contribution >= 0.6 is 11.6 Å². The second-order valence-electron chi connectivity index (χ2n) is 9.70. The van der Waals surface area contributed by atoms with Crippen LogP contribution in [0.25, 0.3) is 0 Å². The highest BCUT2D eigenvalue weighted by Gasteiger charge is 2.32. The predicted molar refractivity (Wildman–Crippen MR) is 174 cm³/mol. The summed E-state index contributed by atoms with van der Waals surface area (Å²) in [4.78, 5) is 55.3. The zero-order chi connectivity index (χ0) is 41.3. The molecule has 0 aliphatic carbocycles. The lowest BCUT2D eigenvalue weighted by Gasteiger charge is -2.21. The molecule has 0 aromatic heterocycles. The van der Waals surface area contributed by atoms with E-state index in [4.69, 9.17) is 42.9 Å². The number of ether oxygens (including phenoxy) is 4. The fourth-order valence-electron chi connectivity index (χ4n) is 4.68. The maximum absolute atomic E-state index is 13.9. The van der Waals surface area contributed by atoms with Gasteiger partial charge in [-0.3, -0.25) is 19.2 Å². The van der Waals surface area contributed by atoms with Gasteiger partial charge in [0.05, 0.1) is 59.4 Å². The third-order valence-corrected chi connectivity index (χ3v) is 7.32. The fraction of sp³-hybridized carbons (Fsp3) is 0.333. The first-order valence-electron chi connectivity index (χ1n) is 18.3. The van der Waals surface area contributed by atoms with Crippen molar-refractivity contribution in [2.45, 2.75) is 40.0 Å². The number of anilines is 2. The molecule has 0 bridgehead atoms. The molecule has 1 atom stereocenters. The predicted octanol–water partition coefficient (Wildman–Crippen LogP) is 5.34. The first kappa shape index (κ1) is 23.4. The molecule has 0 spiro atoms. The molecule has 4 rings (SSSR count). The first-order chi connectivity index (χ1) is 25.6. The average molecular weight is 662 g/mol. The number of methoxy groups -OCH3 is 3. The minimum atomic E-state index is -3.21. The Balaban J connectivity index is 1.96. The van der Waals surface area contributed by atoms with Crippen LogP contribution in [0, 0.1) is 13.7 Å². The van der Waals surface area contributed by atoms with Gasteiger partial charge in [0.1, 0.15) is 11.8 Å². The Morgan fingerprint density at radius 1 is 0.978 bits per heavy atom. The highest BCUT2D eigenvalue weighted by Crippen LogP contribution is 2.45. The summed E-state index contributed by atoms with van der Waals surface area (Å²) < 4.78 is 95.1. The number of nitrogens with one attached hydrogen (secondary N) is 3. The summed E-state index contributed by atoms with van der Waals surface area (Å²) in [7, 11) is 3.87. The number of carbonyl (C=O) groups excluding carboxylic acids is 4. The van der Waals surface area contributed by atoms with E-state index in [0.717, 1.165) is 12.1 Å². The zero-order valence-electron chi connectivity index (χ0n) is 34.5. The van der Waals surface area contributed by atoms with E-state index >= 15 is 0 Å². The Morgan fingerprint density at radius 2 is 1.65 bits per heavy atom. The van der Waals surface area contributed by atoms with Crippen LogP contribution in [0.5, 0.6) is 28.7 Å². The van der Waals surface area contributed by atoms with Crippen molar-refractivity contribution in [3.8, 4) is 28.7 Å². The summed E-state index contributed by atoms with van der Waals surface area (Å²) in [5.74, 6) is -4.54. The molecular weight excluding hydrogens is 616 g/mol. The summed E-state index contributed by atoms with van der Waals surface area (Å²) in [5, 5.41) is 7.31. The van der Waals surface area contributed by atoms with Crippen molar-refractivity contribution in [3.63, 3.8) is 0 Å². The molecule has 244 valence electrons. The number of carbonyl (C=O) groups is 4. The van der Waals surface area contributed by atoms with Crippen LogP contribution in [0.4, 0.5) is 11.4 Å². The lowest BCUT2D eigenvalue weighted by atomic mass is 10.1. The quantitative estimate of drug-likeness (QED) is 0.250. The summed E-state index contributed by atoms with van der Waals surface area (Å²) >= 11 is 6.54. The number of nitrogens with zero attached hydrogens (tertiary/aromatic N) is 1. The number of amides is 4. The Bertz CT molecular complexity index is 2020. The average Bonchev–Trinajstić information content (AvgIpc) is 3.19. The van der Waals surface area contributed by atoms with Gasteiger partial charge in [-0.15, -0.1) is 0 Å². The maximum Gasteiger partial charge on any atom is 0.257 e. The lowest BCUT2D eigenvalue weighted by molar-refractivity contribution is -0.133. The van der Waals surface area contributed by atoms with Crippen LogP contribution in [-0.2, 0) is 9.59 Å². The molecule has 3 aromatic carbocycles. The molecule has 13 heteroatoms. The highest BCUT2D eigenvalue weighted by atomic mass is 35.5. The molecule has 1 aliphatic rings. The molecule has 0 fully saturated rings. The van der Waals surface area contributed by atoms with E-state index in [1.54, 1.807) is 13.8 Å². The van der Waals surface area contributed by atoms with Crippen molar-refractivity contribution < 1.29 is 50.5 Å². The van der Waals surface area contributed by atoms with Gasteiger partial charge in [0.15, 0.2) is 17.2 Å². The largest absolute Gasteiger partial charge is 0.493 e. The van der Waals surface area contributed by atoms with Gasteiger partial charge in [0, 0.05) is 21.3 Å². The molecule has 1 aliphatic heterocycles. The van der Waals surface area contributed by atoms with Gasteiger partial charge in [-0.05, 0) is 69.0 Å². The van der Waals surface area contributed by atoms with Crippen molar-refractivity contribution in [2.75, 3.05) is 45.1 Å². The third-order valence-electron chi connectivity index (χ3n) is 6.94. The summed E-state index contributed by atoms with van der Waals surface area (Å²) in [6.07, 6.45) is -0.403. The second-order valence-corrected chi connectivity index (χ2v) is 10.1. The zero-order valence-corrected chi connectivity index (χ0v) is 26.3. The number of halogens is 1. The van der Waals surface area contributed by atoms with Crippen LogP contribution in [-0.4, -0.2) is 69.0 Å². The van der Waals surface area contributed by atoms with E-state index in [1.807, 2.05) is 0 Å². The van der Waals surface area contributed by atoms with Crippen LogP contribution < -0.4 is 34.9 Å². The van der Waals surface area contributed by atoms with Gasteiger partial charge in [0.2, 0.25) is 17.6 Å². The summed E-state index contributed by atoms with van der Waals surface area (Å²) in [5.41, 5.74) is -3.15. The van der Waals surface area contributed by atoms with Gasteiger partial charge < -0.3 is 39.8 Å². The smallest absolute Gasteiger partial charge is 0.257 e. The minimum absolute atomic E-state index is 0.0316. The molecule has 3 aromatic rings. The van der Waals surface area contributed by atoms with Gasteiger partial charge in [-0.2, -0.15) is 0 Å². The molecule has 0 radical (unpaired) electrons. The highest BCUT2D eigenvalue weighted by molar-refractivity contribution is 6.36. The van der Waals surface area contributed by atoms with Crippen molar-refractivity contribution >= 4 is 46.6 Å². The van der Waals surface area contributed by atoms with Gasteiger partial charge in [-0.25, -0.2) is 0 Å². The number of rotatable bonds is 11. The lowest BCUT2D eigenvalue weighted by Crippen LogP contribution is -2.45. The molecule has 1 heterocycles. The minimum Gasteiger partial charge on any atom is -0.493 e. The molecule has 0 unspecified atom stereocenters. The molecule has 0 saturated carbocycles. The maximum atomic E-state index is 13.9.